The van der Waals surface area contributed by atoms with Crippen molar-refractivity contribution in [2.75, 3.05) is 51.7 Å². The number of anilines is 2. The SMILES string of the molecule is COC(=O)c1cc(OC)c(OC)cc1NC(=O)CN(c1ccccc1OC)S(=O)(=O)c1ccc(OC)cc1. The molecule has 0 aliphatic heterocycles. The van der Waals surface area contributed by atoms with E-state index in [-0.39, 0.29) is 39.1 Å². The van der Waals surface area contributed by atoms with Gasteiger partial charge in [0.25, 0.3) is 10.0 Å². The fourth-order valence-electron chi connectivity index (χ4n) is 3.59. The smallest absolute Gasteiger partial charge is 0.340 e. The zero-order valence-corrected chi connectivity index (χ0v) is 22.3. The van der Waals surface area contributed by atoms with Gasteiger partial charge in [0.05, 0.1) is 57.4 Å². The maximum atomic E-state index is 13.7. The van der Waals surface area contributed by atoms with E-state index in [0.29, 0.717) is 5.75 Å². The number of amides is 1. The standard InChI is InChI=1S/C26H28N2O9S/c1-33-17-10-12-18(13-11-17)38(31,32)28(21-8-6-7-9-22(21)34-2)16-25(29)27-20-15-24(36-4)23(35-3)14-19(20)26(30)37-5/h6-15H,16H2,1-5H3,(H,27,29). The molecule has 0 radical (unpaired) electrons. The van der Waals surface area contributed by atoms with Crippen molar-refractivity contribution < 1.29 is 41.7 Å². The molecule has 3 aromatic carbocycles. The van der Waals surface area contributed by atoms with Crippen LogP contribution in [0.4, 0.5) is 11.4 Å². The minimum absolute atomic E-state index is 0.0136. The van der Waals surface area contributed by atoms with E-state index in [4.69, 9.17) is 23.7 Å². The van der Waals surface area contributed by atoms with Crippen LogP contribution in [0.3, 0.4) is 0 Å². The molecule has 0 bridgehead atoms. The van der Waals surface area contributed by atoms with Gasteiger partial charge in [-0.15, -0.1) is 0 Å². The summed E-state index contributed by atoms with van der Waals surface area (Å²) >= 11 is 0. The average Bonchev–Trinajstić information content (AvgIpc) is 2.95. The highest BCUT2D eigenvalue weighted by Crippen LogP contribution is 2.35. The quantitative estimate of drug-likeness (QED) is 0.361. The zero-order valence-electron chi connectivity index (χ0n) is 21.5. The summed E-state index contributed by atoms with van der Waals surface area (Å²) in [6, 6.07) is 14.9. The summed E-state index contributed by atoms with van der Waals surface area (Å²) in [6.07, 6.45) is 0. The number of esters is 1. The topological polar surface area (TPSA) is 130 Å². The third-order valence-corrected chi connectivity index (χ3v) is 7.27. The molecule has 3 aromatic rings. The fraction of sp³-hybridized carbons (Fsp3) is 0.231. The Morgan fingerprint density at radius 3 is 1.97 bits per heavy atom. The van der Waals surface area contributed by atoms with Crippen molar-refractivity contribution in [3.8, 4) is 23.0 Å². The molecule has 0 atom stereocenters. The van der Waals surface area contributed by atoms with Crippen molar-refractivity contribution in [1.29, 1.82) is 0 Å². The van der Waals surface area contributed by atoms with Crippen LogP contribution >= 0.6 is 0 Å². The van der Waals surface area contributed by atoms with Gasteiger partial charge in [-0.2, -0.15) is 0 Å². The minimum Gasteiger partial charge on any atom is -0.497 e. The van der Waals surface area contributed by atoms with Crippen molar-refractivity contribution in [1.82, 2.24) is 0 Å². The Hall–Kier alpha value is -4.45. The molecular weight excluding hydrogens is 516 g/mol. The van der Waals surface area contributed by atoms with Crippen LogP contribution in [0.15, 0.2) is 65.6 Å². The van der Waals surface area contributed by atoms with Crippen molar-refractivity contribution >= 4 is 33.3 Å². The van der Waals surface area contributed by atoms with Crippen LogP contribution in [0.25, 0.3) is 0 Å². The van der Waals surface area contributed by atoms with E-state index < -0.39 is 28.4 Å². The molecule has 202 valence electrons. The molecule has 3 rings (SSSR count). The lowest BCUT2D eigenvalue weighted by atomic mass is 10.1. The van der Waals surface area contributed by atoms with E-state index >= 15 is 0 Å². The number of benzene rings is 3. The second-order valence-corrected chi connectivity index (χ2v) is 9.51. The van der Waals surface area contributed by atoms with Gasteiger partial charge >= 0.3 is 5.97 Å². The fourth-order valence-corrected chi connectivity index (χ4v) is 5.02. The number of para-hydroxylation sites is 2. The zero-order chi connectivity index (χ0) is 27.9. The molecule has 0 spiro atoms. The number of ether oxygens (including phenoxy) is 5. The molecule has 11 nitrogen and oxygen atoms in total. The largest absolute Gasteiger partial charge is 0.497 e. The number of nitrogens with one attached hydrogen (secondary N) is 1. The van der Waals surface area contributed by atoms with E-state index in [1.54, 1.807) is 18.2 Å². The van der Waals surface area contributed by atoms with Gasteiger partial charge in [-0.1, -0.05) is 12.1 Å². The van der Waals surface area contributed by atoms with E-state index in [1.807, 2.05) is 0 Å². The van der Waals surface area contributed by atoms with Gasteiger partial charge in [0, 0.05) is 12.1 Å². The first-order valence-electron chi connectivity index (χ1n) is 11.1. The van der Waals surface area contributed by atoms with Crippen LogP contribution in [0.2, 0.25) is 0 Å². The van der Waals surface area contributed by atoms with Crippen molar-refractivity contribution in [2.24, 2.45) is 0 Å². The molecule has 0 heterocycles. The van der Waals surface area contributed by atoms with Crippen molar-refractivity contribution in [2.45, 2.75) is 4.90 Å². The van der Waals surface area contributed by atoms with Gasteiger partial charge in [0.15, 0.2) is 11.5 Å². The Kier molecular flexibility index (Phi) is 9.02. The lowest BCUT2D eigenvalue weighted by Gasteiger charge is -2.26. The van der Waals surface area contributed by atoms with Gasteiger partial charge < -0.3 is 29.0 Å². The van der Waals surface area contributed by atoms with Crippen LogP contribution < -0.4 is 28.6 Å². The third-order valence-electron chi connectivity index (χ3n) is 5.49. The van der Waals surface area contributed by atoms with E-state index in [9.17, 15) is 18.0 Å². The first-order valence-corrected chi connectivity index (χ1v) is 12.6. The number of hydrogen-bond acceptors (Lipinski definition) is 9. The number of carbonyl (C=O) groups excluding carboxylic acids is 2. The van der Waals surface area contributed by atoms with Gasteiger partial charge in [-0.25, -0.2) is 13.2 Å². The molecule has 0 aliphatic rings. The number of methoxy groups -OCH3 is 5. The molecule has 0 aromatic heterocycles. The molecular formula is C26H28N2O9S. The Morgan fingerprint density at radius 1 is 0.789 bits per heavy atom. The average molecular weight is 545 g/mol. The number of sulfonamides is 1. The summed E-state index contributed by atoms with van der Waals surface area (Å²) in [5, 5.41) is 2.59. The maximum absolute atomic E-state index is 13.7. The molecule has 12 heteroatoms. The van der Waals surface area contributed by atoms with E-state index in [0.717, 1.165) is 4.31 Å². The Morgan fingerprint density at radius 2 is 1.39 bits per heavy atom. The number of carbonyl (C=O) groups is 2. The number of hydrogen-bond donors (Lipinski definition) is 1. The molecule has 0 saturated heterocycles. The van der Waals surface area contributed by atoms with Crippen LogP contribution in [-0.4, -0.2) is 62.4 Å². The van der Waals surface area contributed by atoms with Gasteiger partial charge in [0.2, 0.25) is 5.91 Å². The molecule has 1 amide bonds. The Bertz CT molecular complexity index is 1410. The maximum Gasteiger partial charge on any atom is 0.340 e. The summed E-state index contributed by atoms with van der Waals surface area (Å²) in [6.45, 7) is -0.649. The summed E-state index contributed by atoms with van der Waals surface area (Å²) in [4.78, 5) is 25.6. The first kappa shape index (κ1) is 28.1. The predicted octanol–water partition coefficient (Wildman–Crippen LogP) is 3.34. The number of nitrogens with zero attached hydrogens (tertiary/aromatic N) is 1. The normalized spacial score (nSPS) is 10.8. The van der Waals surface area contributed by atoms with E-state index in [1.165, 1.54) is 78.0 Å². The lowest BCUT2D eigenvalue weighted by molar-refractivity contribution is -0.114. The van der Waals surface area contributed by atoms with Crippen LogP contribution in [-0.2, 0) is 19.6 Å². The summed E-state index contributed by atoms with van der Waals surface area (Å²) in [5.74, 6) is -0.307. The highest BCUT2D eigenvalue weighted by Gasteiger charge is 2.30. The lowest BCUT2D eigenvalue weighted by Crippen LogP contribution is -2.38. The second-order valence-electron chi connectivity index (χ2n) is 7.65. The molecule has 0 saturated carbocycles. The number of rotatable bonds is 11. The van der Waals surface area contributed by atoms with E-state index in [2.05, 4.69) is 5.32 Å². The van der Waals surface area contributed by atoms with Crippen LogP contribution in [0, 0.1) is 0 Å². The van der Waals surface area contributed by atoms with Gasteiger partial charge in [0.1, 0.15) is 18.0 Å². The molecule has 1 N–H and O–H groups in total. The predicted molar refractivity (Wildman–Crippen MR) is 140 cm³/mol. The molecule has 0 fully saturated rings. The van der Waals surface area contributed by atoms with Crippen molar-refractivity contribution in [3.05, 3.63) is 66.2 Å². The highest BCUT2D eigenvalue weighted by atomic mass is 32.2. The van der Waals surface area contributed by atoms with Crippen molar-refractivity contribution in [3.63, 3.8) is 0 Å². The highest BCUT2D eigenvalue weighted by molar-refractivity contribution is 7.92. The summed E-state index contributed by atoms with van der Waals surface area (Å²) in [7, 11) is 2.58. The monoisotopic (exact) mass is 544 g/mol. The molecule has 38 heavy (non-hydrogen) atoms. The second kappa shape index (κ2) is 12.2. The summed E-state index contributed by atoms with van der Waals surface area (Å²) in [5.41, 5.74) is 0.170. The van der Waals surface area contributed by atoms with Crippen LogP contribution in [0.1, 0.15) is 10.4 Å². The minimum atomic E-state index is -4.25. The Labute approximate surface area is 220 Å². The van der Waals surface area contributed by atoms with Gasteiger partial charge in [-0.05, 0) is 36.4 Å². The third kappa shape index (κ3) is 5.92. The first-order chi connectivity index (χ1) is 18.2. The molecule has 0 unspecified atom stereocenters. The van der Waals surface area contributed by atoms with Crippen LogP contribution in [0.5, 0.6) is 23.0 Å². The van der Waals surface area contributed by atoms with Gasteiger partial charge in [-0.3, -0.25) is 9.10 Å². The Balaban J connectivity index is 2.05. The molecule has 0 aliphatic carbocycles. The summed E-state index contributed by atoms with van der Waals surface area (Å²) < 4.78 is 54.2.